The van der Waals surface area contributed by atoms with E-state index >= 15 is 0 Å². The summed E-state index contributed by atoms with van der Waals surface area (Å²) in [5.41, 5.74) is 1.96. The maximum Gasteiger partial charge on any atom is 0.223 e. The second-order valence-electron chi connectivity index (χ2n) is 5.63. The second-order valence-corrected chi connectivity index (χ2v) is 6.07. The van der Waals surface area contributed by atoms with E-state index in [0.717, 1.165) is 11.1 Å². The van der Waals surface area contributed by atoms with Gasteiger partial charge in [0.25, 0.3) is 0 Å². The number of rotatable bonds is 8. The zero-order chi connectivity index (χ0) is 17.4. The molecule has 24 heavy (non-hydrogen) atoms. The summed E-state index contributed by atoms with van der Waals surface area (Å²) in [6.07, 6.45) is 0.658. The van der Waals surface area contributed by atoms with Gasteiger partial charge in [0.15, 0.2) is 0 Å². The Bertz CT molecular complexity index is 658. The largest absolute Gasteiger partial charge is 0.491 e. The molecule has 0 aliphatic rings. The van der Waals surface area contributed by atoms with Gasteiger partial charge in [0.2, 0.25) is 5.91 Å². The highest BCUT2D eigenvalue weighted by Gasteiger charge is 2.14. The Morgan fingerprint density at radius 1 is 1.21 bits per heavy atom. The molecular formula is C19H22ClNO3. The predicted octanol–water partition coefficient (Wildman–Crippen LogP) is 3.21. The molecule has 2 aromatic rings. The molecule has 0 spiro atoms. The lowest BCUT2D eigenvalue weighted by atomic mass is 10.0. The molecule has 0 radical (unpaired) electrons. The fourth-order valence-electron chi connectivity index (χ4n) is 2.37. The normalized spacial score (nSPS) is 11.8. The second kappa shape index (κ2) is 9.30. The third-order valence-corrected chi connectivity index (χ3v) is 3.93. The number of hydrogen-bond donors (Lipinski definition) is 2. The monoisotopic (exact) mass is 347 g/mol. The Hall–Kier alpha value is -2.04. The number of nitrogens with one attached hydrogen (secondary N) is 1. The minimum absolute atomic E-state index is 0.0121. The van der Waals surface area contributed by atoms with Crippen molar-refractivity contribution in [1.82, 2.24) is 5.32 Å². The molecule has 0 bridgehead atoms. The van der Waals surface area contributed by atoms with Crippen molar-refractivity contribution in [2.45, 2.75) is 19.9 Å². The Balaban J connectivity index is 1.89. The standard InChI is InChI=1S/C19H22ClNO3/c1-14(12-15-6-8-17(20)9-7-15)19(23)21-13-16-4-2-3-5-18(16)24-11-10-22/h2-9,14,22H,10-13H2,1H3,(H,21,23). The van der Waals surface area contributed by atoms with Crippen LogP contribution in [0.25, 0.3) is 0 Å². The SMILES string of the molecule is CC(Cc1ccc(Cl)cc1)C(=O)NCc1ccccc1OCCO. The number of benzene rings is 2. The van der Waals surface area contributed by atoms with Crippen LogP contribution in [-0.2, 0) is 17.8 Å². The van der Waals surface area contributed by atoms with E-state index < -0.39 is 0 Å². The first-order chi connectivity index (χ1) is 11.6. The number of ether oxygens (including phenoxy) is 1. The number of halogens is 1. The van der Waals surface area contributed by atoms with E-state index in [4.69, 9.17) is 21.4 Å². The molecule has 0 saturated carbocycles. The Morgan fingerprint density at radius 2 is 1.92 bits per heavy atom. The molecule has 0 aliphatic carbocycles. The van der Waals surface area contributed by atoms with E-state index in [9.17, 15) is 4.79 Å². The summed E-state index contributed by atoms with van der Waals surface area (Å²) in [5.74, 6) is 0.524. The summed E-state index contributed by atoms with van der Waals surface area (Å²) in [5, 5.41) is 12.5. The van der Waals surface area contributed by atoms with E-state index in [1.807, 2.05) is 55.5 Å². The third-order valence-electron chi connectivity index (χ3n) is 3.68. The van der Waals surface area contributed by atoms with Crippen LogP contribution in [0.3, 0.4) is 0 Å². The van der Waals surface area contributed by atoms with E-state index in [-0.39, 0.29) is 25.0 Å². The number of carbonyl (C=O) groups excluding carboxylic acids is 1. The average molecular weight is 348 g/mol. The van der Waals surface area contributed by atoms with Crippen molar-refractivity contribution in [2.75, 3.05) is 13.2 Å². The number of carbonyl (C=O) groups is 1. The zero-order valence-corrected chi connectivity index (χ0v) is 14.4. The third kappa shape index (κ3) is 5.55. The highest BCUT2D eigenvalue weighted by Crippen LogP contribution is 2.18. The van der Waals surface area contributed by atoms with Crippen molar-refractivity contribution >= 4 is 17.5 Å². The van der Waals surface area contributed by atoms with Crippen molar-refractivity contribution in [3.05, 3.63) is 64.7 Å². The van der Waals surface area contributed by atoms with Crippen molar-refractivity contribution in [2.24, 2.45) is 5.92 Å². The fraction of sp³-hybridized carbons (Fsp3) is 0.316. The first-order valence-electron chi connectivity index (χ1n) is 7.94. The van der Waals surface area contributed by atoms with Crippen LogP contribution >= 0.6 is 11.6 Å². The van der Waals surface area contributed by atoms with Crippen LogP contribution in [0.5, 0.6) is 5.75 Å². The molecule has 1 atom stereocenters. The molecule has 2 N–H and O–H groups in total. The molecule has 0 saturated heterocycles. The lowest BCUT2D eigenvalue weighted by Gasteiger charge is -2.14. The molecule has 0 heterocycles. The summed E-state index contributed by atoms with van der Waals surface area (Å²) in [6, 6.07) is 15.0. The van der Waals surface area contributed by atoms with Crippen molar-refractivity contribution in [3.63, 3.8) is 0 Å². The van der Waals surface area contributed by atoms with Gasteiger partial charge in [-0.25, -0.2) is 0 Å². The quantitative estimate of drug-likeness (QED) is 0.771. The molecule has 128 valence electrons. The number of aliphatic hydroxyl groups is 1. The Labute approximate surface area is 147 Å². The summed E-state index contributed by atoms with van der Waals surface area (Å²) >= 11 is 5.87. The van der Waals surface area contributed by atoms with Gasteiger partial charge in [0.05, 0.1) is 6.61 Å². The van der Waals surface area contributed by atoms with E-state index in [0.29, 0.717) is 23.7 Å². The molecular weight excluding hydrogens is 326 g/mol. The predicted molar refractivity (Wildman–Crippen MR) is 95.2 cm³/mol. The van der Waals surface area contributed by atoms with Crippen molar-refractivity contribution in [1.29, 1.82) is 0 Å². The topological polar surface area (TPSA) is 58.6 Å². The summed E-state index contributed by atoms with van der Waals surface area (Å²) in [6.45, 7) is 2.49. The van der Waals surface area contributed by atoms with E-state index in [1.165, 1.54) is 0 Å². The molecule has 2 aromatic carbocycles. The molecule has 0 aliphatic heterocycles. The average Bonchev–Trinajstić information content (AvgIpc) is 2.60. The molecule has 1 amide bonds. The first-order valence-corrected chi connectivity index (χ1v) is 8.31. The molecule has 4 nitrogen and oxygen atoms in total. The van der Waals surface area contributed by atoms with Crippen LogP contribution < -0.4 is 10.1 Å². The maximum atomic E-state index is 12.3. The molecule has 5 heteroatoms. The van der Waals surface area contributed by atoms with Gasteiger partial charge >= 0.3 is 0 Å². The van der Waals surface area contributed by atoms with Crippen LogP contribution in [-0.4, -0.2) is 24.2 Å². The minimum atomic E-state index is -0.142. The lowest BCUT2D eigenvalue weighted by molar-refractivity contribution is -0.124. The molecule has 0 aromatic heterocycles. The van der Waals surface area contributed by atoms with Crippen LogP contribution in [0, 0.1) is 5.92 Å². The van der Waals surface area contributed by atoms with Gasteiger partial charge in [-0.05, 0) is 30.2 Å². The van der Waals surface area contributed by atoms with Gasteiger partial charge in [-0.3, -0.25) is 4.79 Å². The van der Waals surface area contributed by atoms with Crippen molar-refractivity contribution < 1.29 is 14.6 Å². The van der Waals surface area contributed by atoms with Gasteiger partial charge in [0, 0.05) is 23.0 Å². The Kier molecular flexibility index (Phi) is 7.09. The highest BCUT2D eigenvalue weighted by molar-refractivity contribution is 6.30. The number of para-hydroxylation sites is 1. The summed E-state index contributed by atoms with van der Waals surface area (Å²) < 4.78 is 5.47. The molecule has 0 fully saturated rings. The first kappa shape index (κ1) is 18.3. The van der Waals surface area contributed by atoms with Crippen LogP contribution in [0.4, 0.5) is 0 Å². The highest BCUT2D eigenvalue weighted by atomic mass is 35.5. The lowest BCUT2D eigenvalue weighted by Crippen LogP contribution is -2.30. The smallest absolute Gasteiger partial charge is 0.223 e. The van der Waals surface area contributed by atoms with Crippen LogP contribution in [0.2, 0.25) is 5.02 Å². The van der Waals surface area contributed by atoms with Crippen molar-refractivity contribution in [3.8, 4) is 5.75 Å². The van der Waals surface area contributed by atoms with Gasteiger partial charge in [-0.1, -0.05) is 48.9 Å². The van der Waals surface area contributed by atoms with Gasteiger partial charge in [-0.2, -0.15) is 0 Å². The van der Waals surface area contributed by atoms with Gasteiger partial charge in [-0.15, -0.1) is 0 Å². The number of amides is 1. The minimum Gasteiger partial charge on any atom is -0.491 e. The number of hydrogen-bond acceptors (Lipinski definition) is 3. The van der Waals surface area contributed by atoms with Gasteiger partial charge < -0.3 is 15.2 Å². The van der Waals surface area contributed by atoms with E-state index in [1.54, 1.807) is 0 Å². The van der Waals surface area contributed by atoms with Crippen LogP contribution in [0.15, 0.2) is 48.5 Å². The summed E-state index contributed by atoms with van der Waals surface area (Å²) in [4.78, 5) is 12.3. The number of aliphatic hydroxyl groups excluding tert-OH is 1. The molecule has 1 unspecified atom stereocenters. The fourth-order valence-corrected chi connectivity index (χ4v) is 2.50. The van der Waals surface area contributed by atoms with E-state index in [2.05, 4.69) is 5.32 Å². The van der Waals surface area contributed by atoms with Gasteiger partial charge in [0.1, 0.15) is 12.4 Å². The Morgan fingerprint density at radius 3 is 2.62 bits per heavy atom. The molecule has 2 rings (SSSR count). The van der Waals surface area contributed by atoms with Crippen LogP contribution in [0.1, 0.15) is 18.1 Å². The summed E-state index contributed by atoms with van der Waals surface area (Å²) in [7, 11) is 0. The maximum absolute atomic E-state index is 12.3. The zero-order valence-electron chi connectivity index (χ0n) is 13.7.